The number of anilines is 1. The van der Waals surface area contributed by atoms with E-state index < -0.39 is 0 Å². The van der Waals surface area contributed by atoms with Crippen molar-refractivity contribution in [2.24, 2.45) is 0 Å². The highest BCUT2D eigenvalue weighted by Crippen LogP contribution is 2.29. The molecule has 0 saturated heterocycles. The Labute approximate surface area is 187 Å². The van der Waals surface area contributed by atoms with Crippen molar-refractivity contribution in [3.8, 4) is 5.75 Å². The summed E-state index contributed by atoms with van der Waals surface area (Å²) in [6, 6.07) is 15.2. The lowest BCUT2D eigenvalue weighted by atomic mass is 10.1. The third-order valence-electron chi connectivity index (χ3n) is 4.80. The molecule has 0 aliphatic heterocycles. The Morgan fingerprint density at radius 3 is 2.66 bits per heavy atom. The minimum absolute atomic E-state index is 0.147. The van der Waals surface area contributed by atoms with E-state index in [0.29, 0.717) is 22.9 Å². The van der Waals surface area contributed by atoms with Gasteiger partial charge in [0.05, 0.1) is 25.3 Å². The molecule has 4 rings (SSSR count). The van der Waals surface area contributed by atoms with Gasteiger partial charge < -0.3 is 15.4 Å². The van der Waals surface area contributed by atoms with Crippen LogP contribution in [0.5, 0.6) is 5.75 Å². The number of methoxy groups -OCH3 is 1. The fourth-order valence-electron chi connectivity index (χ4n) is 3.22. The van der Waals surface area contributed by atoms with Gasteiger partial charge in [-0.3, -0.25) is 14.7 Å². The van der Waals surface area contributed by atoms with Crippen LogP contribution in [0.1, 0.15) is 16.0 Å². The number of rotatable bonds is 8. The van der Waals surface area contributed by atoms with E-state index in [2.05, 4.69) is 20.8 Å². The summed E-state index contributed by atoms with van der Waals surface area (Å²) >= 11 is 1.39. The summed E-state index contributed by atoms with van der Waals surface area (Å²) in [6.07, 6.45) is 0.389. The van der Waals surface area contributed by atoms with Gasteiger partial charge in [-0.15, -0.1) is 11.3 Å². The molecule has 2 amide bonds. The maximum absolute atomic E-state index is 13.0. The number of aromatic nitrogens is 2. The van der Waals surface area contributed by atoms with Crippen LogP contribution in [-0.2, 0) is 29.0 Å². The maximum atomic E-state index is 13.0. The molecule has 0 spiro atoms. The second-order valence-corrected chi connectivity index (χ2v) is 8.30. The standard InChI is InChI=1S/C23H21FN4O3S/c1-31-17-4-2-3-15(9-17)10-21(30)26-22-19-11-18(32-23(19)28-27-22)12-20(29)25-13-14-5-7-16(24)8-6-14/h2-9,11H,10,12-13H2,1H3,(H,25,29)(H2,26,27,28,30). The van der Waals surface area contributed by atoms with Crippen LogP contribution in [-0.4, -0.2) is 29.1 Å². The summed E-state index contributed by atoms with van der Waals surface area (Å²) in [7, 11) is 1.58. The van der Waals surface area contributed by atoms with Crippen molar-refractivity contribution >= 4 is 39.2 Å². The first-order valence-corrected chi connectivity index (χ1v) is 10.7. The third kappa shape index (κ3) is 5.30. The largest absolute Gasteiger partial charge is 0.497 e. The van der Waals surface area contributed by atoms with Gasteiger partial charge in [0.2, 0.25) is 11.8 Å². The lowest BCUT2D eigenvalue weighted by Gasteiger charge is -2.05. The van der Waals surface area contributed by atoms with E-state index in [0.717, 1.165) is 21.4 Å². The molecule has 0 radical (unpaired) electrons. The second-order valence-electron chi connectivity index (χ2n) is 7.19. The number of nitrogens with one attached hydrogen (secondary N) is 3. The lowest BCUT2D eigenvalue weighted by Crippen LogP contribution is -2.24. The highest BCUT2D eigenvalue weighted by atomic mass is 32.1. The minimum atomic E-state index is -0.312. The van der Waals surface area contributed by atoms with Crippen molar-refractivity contribution in [1.82, 2.24) is 15.5 Å². The van der Waals surface area contributed by atoms with E-state index in [1.807, 2.05) is 30.3 Å². The lowest BCUT2D eigenvalue weighted by molar-refractivity contribution is -0.120. The number of hydrogen-bond acceptors (Lipinski definition) is 5. The van der Waals surface area contributed by atoms with E-state index in [9.17, 15) is 14.0 Å². The maximum Gasteiger partial charge on any atom is 0.229 e. The number of amides is 2. The van der Waals surface area contributed by atoms with E-state index in [1.54, 1.807) is 19.2 Å². The smallest absolute Gasteiger partial charge is 0.229 e. The molecule has 0 fully saturated rings. The quantitative estimate of drug-likeness (QED) is 0.379. The molecular weight excluding hydrogens is 431 g/mol. The van der Waals surface area contributed by atoms with E-state index in [1.165, 1.54) is 23.5 Å². The summed E-state index contributed by atoms with van der Waals surface area (Å²) in [4.78, 5) is 26.3. The summed E-state index contributed by atoms with van der Waals surface area (Å²) < 4.78 is 18.2. The molecule has 0 saturated carbocycles. The zero-order valence-electron chi connectivity index (χ0n) is 17.3. The van der Waals surface area contributed by atoms with Gasteiger partial charge in [0, 0.05) is 11.4 Å². The Kier molecular flexibility index (Phi) is 6.46. The summed E-state index contributed by atoms with van der Waals surface area (Å²) in [5.41, 5.74) is 1.66. The van der Waals surface area contributed by atoms with Crippen LogP contribution in [0.25, 0.3) is 10.2 Å². The molecule has 164 valence electrons. The first kappa shape index (κ1) is 21.5. The molecule has 3 N–H and O–H groups in total. The van der Waals surface area contributed by atoms with Crippen molar-refractivity contribution in [1.29, 1.82) is 0 Å². The molecule has 9 heteroatoms. The van der Waals surface area contributed by atoms with Crippen LogP contribution in [0.15, 0.2) is 54.6 Å². The summed E-state index contributed by atoms with van der Waals surface area (Å²) in [6.45, 7) is 0.327. The fourth-order valence-corrected chi connectivity index (χ4v) is 4.21. The molecule has 0 unspecified atom stereocenters. The number of benzene rings is 2. The zero-order chi connectivity index (χ0) is 22.5. The predicted molar refractivity (Wildman–Crippen MR) is 121 cm³/mol. The van der Waals surface area contributed by atoms with Gasteiger partial charge in [-0.1, -0.05) is 24.3 Å². The van der Waals surface area contributed by atoms with Gasteiger partial charge >= 0.3 is 0 Å². The average Bonchev–Trinajstić information content (AvgIpc) is 3.34. The van der Waals surface area contributed by atoms with Crippen molar-refractivity contribution < 1.29 is 18.7 Å². The van der Waals surface area contributed by atoms with Crippen LogP contribution in [0, 0.1) is 5.82 Å². The molecule has 2 aromatic heterocycles. The molecule has 2 heterocycles. The number of nitrogens with zero attached hydrogens (tertiary/aromatic N) is 1. The number of carbonyl (C=O) groups is 2. The van der Waals surface area contributed by atoms with E-state index in [-0.39, 0.29) is 30.5 Å². The minimum Gasteiger partial charge on any atom is -0.497 e. The molecule has 0 aliphatic rings. The van der Waals surface area contributed by atoms with Crippen molar-refractivity contribution in [3.05, 3.63) is 76.4 Å². The molecule has 4 aromatic rings. The number of ether oxygens (including phenoxy) is 1. The number of carbonyl (C=O) groups excluding carboxylic acids is 2. The highest BCUT2D eigenvalue weighted by molar-refractivity contribution is 7.18. The molecule has 0 atom stereocenters. The Bertz CT molecular complexity index is 1250. The average molecular weight is 453 g/mol. The van der Waals surface area contributed by atoms with E-state index in [4.69, 9.17) is 4.74 Å². The Morgan fingerprint density at radius 2 is 1.88 bits per heavy atom. The van der Waals surface area contributed by atoms with Gasteiger partial charge in [-0.2, -0.15) is 5.10 Å². The van der Waals surface area contributed by atoms with Crippen molar-refractivity contribution in [3.63, 3.8) is 0 Å². The first-order valence-electron chi connectivity index (χ1n) is 9.91. The SMILES string of the molecule is COc1cccc(CC(=O)Nc2[nH]nc3sc(CC(=O)NCc4ccc(F)cc4)cc23)c1. The van der Waals surface area contributed by atoms with Crippen molar-refractivity contribution in [2.75, 3.05) is 12.4 Å². The topological polar surface area (TPSA) is 96.1 Å². The number of halogens is 1. The second kappa shape index (κ2) is 9.61. The number of fused-ring (bicyclic) bond motifs is 1. The third-order valence-corrected chi connectivity index (χ3v) is 5.83. The summed E-state index contributed by atoms with van der Waals surface area (Å²) in [5, 5.41) is 13.5. The predicted octanol–water partition coefficient (Wildman–Crippen LogP) is 3.81. The number of H-pyrrole nitrogens is 1. The van der Waals surface area contributed by atoms with Crippen molar-refractivity contribution in [2.45, 2.75) is 19.4 Å². The van der Waals surface area contributed by atoms with Crippen LogP contribution < -0.4 is 15.4 Å². The van der Waals surface area contributed by atoms with E-state index >= 15 is 0 Å². The van der Waals surface area contributed by atoms with Crippen LogP contribution >= 0.6 is 11.3 Å². The van der Waals surface area contributed by atoms with Crippen LogP contribution in [0.4, 0.5) is 10.2 Å². The Morgan fingerprint density at radius 1 is 1.06 bits per heavy atom. The number of aromatic amines is 1. The highest BCUT2D eigenvalue weighted by Gasteiger charge is 2.15. The van der Waals surface area contributed by atoms with Gasteiger partial charge in [0.1, 0.15) is 22.2 Å². The molecular formula is C23H21FN4O3S. The first-order chi connectivity index (χ1) is 15.5. The zero-order valence-corrected chi connectivity index (χ0v) is 18.1. The normalized spacial score (nSPS) is 10.8. The Hall–Kier alpha value is -3.72. The summed E-state index contributed by atoms with van der Waals surface area (Å²) in [5.74, 6) is 0.550. The molecule has 7 nitrogen and oxygen atoms in total. The Balaban J connectivity index is 1.35. The van der Waals surface area contributed by atoms with Gasteiger partial charge in [0.15, 0.2) is 0 Å². The fraction of sp³-hybridized carbons (Fsp3) is 0.174. The van der Waals surface area contributed by atoms with Gasteiger partial charge in [0.25, 0.3) is 0 Å². The van der Waals surface area contributed by atoms with Gasteiger partial charge in [-0.25, -0.2) is 4.39 Å². The van der Waals surface area contributed by atoms with Crippen LogP contribution in [0.3, 0.4) is 0 Å². The molecule has 0 aliphatic carbocycles. The van der Waals surface area contributed by atoms with Gasteiger partial charge in [-0.05, 0) is 41.5 Å². The number of hydrogen-bond donors (Lipinski definition) is 3. The van der Waals surface area contributed by atoms with Crippen LogP contribution in [0.2, 0.25) is 0 Å². The molecule has 2 aromatic carbocycles. The number of thiophene rings is 1. The molecule has 32 heavy (non-hydrogen) atoms. The monoisotopic (exact) mass is 452 g/mol. The molecule has 0 bridgehead atoms.